The van der Waals surface area contributed by atoms with Crippen LogP contribution in [0, 0.1) is 0 Å². The minimum absolute atomic E-state index is 0.379. The van der Waals surface area contributed by atoms with Crippen molar-refractivity contribution in [3.63, 3.8) is 0 Å². The lowest BCUT2D eigenvalue weighted by atomic mass is 10.1. The predicted molar refractivity (Wildman–Crippen MR) is 109 cm³/mol. The third-order valence-electron chi connectivity index (χ3n) is 4.57. The SMILES string of the molecule is C/C(=N/N=C1c2ccccc2-c2ccccc21)c1cccc(OCC(=O)O)c1. The number of carboxylic acid groups (broad SMARTS) is 1. The van der Waals surface area contributed by atoms with E-state index in [1.807, 2.05) is 37.3 Å². The van der Waals surface area contributed by atoms with Gasteiger partial charge in [0.05, 0.1) is 5.71 Å². The molecule has 3 aromatic rings. The Morgan fingerprint density at radius 3 is 2.11 bits per heavy atom. The van der Waals surface area contributed by atoms with Crippen LogP contribution in [0.3, 0.4) is 0 Å². The normalized spacial score (nSPS) is 12.3. The van der Waals surface area contributed by atoms with Crippen LogP contribution in [0.25, 0.3) is 11.1 Å². The van der Waals surface area contributed by atoms with E-state index in [2.05, 4.69) is 34.5 Å². The fourth-order valence-electron chi connectivity index (χ4n) is 3.24. The summed E-state index contributed by atoms with van der Waals surface area (Å²) >= 11 is 0. The summed E-state index contributed by atoms with van der Waals surface area (Å²) in [5.41, 5.74) is 6.85. The molecule has 1 N–H and O–H groups in total. The molecule has 1 aliphatic carbocycles. The molecule has 0 fully saturated rings. The Hall–Kier alpha value is -3.73. The molecule has 0 radical (unpaired) electrons. The zero-order valence-electron chi connectivity index (χ0n) is 15.3. The van der Waals surface area contributed by atoms with Gasteiger partial charge < -0.3 is 9.84 Å². The van der Waals surface area contributed by atoms with Gasteiger partial charge in [0.25, 0.3) is 0 Å². The number of ether oxygens (including phenoxy) is 1. The molecule has 0 atom stereocenters. The molecule has 0 unspecified atom stereocenters. The van der Waals surface area contributed by atoms with Gasteiger partial charge in [0.2, 0.25) is 0 Å². The molecule has 1 aliphatic rings. The summed E-state index contributed by atoms with van der Waals surface area (Å²) in [6.07, 6.45) is 0. The zero-order valence-corrected chi connectivity index (χ0v) is 15.3. The average Bonchev–Trinajstić information content (AvgIpc) is 3.04. The lowest BCUT2D eigenvalue weighted by Crippen LogP contribution is -2.09. The number of rotatable bonds is 5. The minimum atomic E-state index is -1.01. The van der Waals surface area contributed by atoms with Crippen LogP contribution in [0.4, 0.5) is 0 Å². The maximum atomic E-state index is 10.7. The van der Waals surface area contributed by atoms with Gasteiger partial charge in [-0.15, -0.1) is 5.10 Å². The Morgan fingerprint density at radius 1 is 0.893 bits per heavy atom. The van der Waals surface area contributed by atoms with Crippen molar-refractivity contribution in [2.75, 3.05) is 6.61 Å². The monoisotopic (exact) mass is 370 g/mol. The van der Waals surface area contributed by atoms with Gasteiger partial charge in [-0.3, -0.25) is 0 Å². The van der Waals surface area contributed by atoms with Crippen LogP contribution in [-0.2, 0) is 4.79 Å². The maximum Gasteiger partial charge on any atom is 0.341 e. The molecular formula is C23H18N2O3. The van der Waals surface area contributed by atoms with Gasteiger partial charge in [-0.1, -0.05) is 60.7 Å². The van der Waals surface area contributed by atoms with Gasteiger partial charge in [0.1, 0.15) is 11.5 Å². The highest BCUT2D eigenvalue weighted by molar-refractivity contribution is 6.24. The predicted octanol–water partition coefficient (Wildman–Crippen LogP) is 4.39. The fourth-order valence-corrected chi connectivity index (χ4v) is 3.24. The number of hydrogen-bond donors (Lipinski definition) is 1. The van der Waals surface area contributed by atoms with E-state index in [0.717, 1.165) is 39.2 Å². The number of nitrogens with zero attached hydrogens (tertiary/aromatic N) is 2. The molecular weight excluding hydrogens is 352 g/mol. The van der Waals surface area contributed by atoms with Crippen LogP contribution in [0.15, 0.2) is 83.0 Å². The van der Waals surface area contributed by atoms with Crippen LogP contribution < -0.4 is 4.74 Å². The largest absolute Gasteiger partial charge is 0.482 e. The van der Waals surface area contributed by atoms with Crippen molar-refractivity contribution in [2.45, 2.75) is 6.92 Å². The highest BCUT2D eigenvalue weighted by Crippen LogP contribution is 2.36. The van der Waals surface area contributed by atoms with E-state index in [4.69, 9.17) is 9.84 Å². The van der Waals surface area contributed by atoms with E-state index in [-0.39, 0.29) is 6.61 Å². The molecule has 0 bridgehead atoms. The van der Waals surface area contributed by atoms with Crippen molar-refractivity contribution in [3.8, 4) is 16.9 Å². The Bertz CT molecular complexity index is 1070. The van der Waals surface area contributed by atoms with Crippen LogP contribution in [0.5, 0.6) is 5.75 Å². The topological polar surface area (TPSA) is 71.2 Å². The molecule has 0 saturated heterocycles. The van der Waals surface area contributed by atoms with Crippen molar-refractivity contribution in [2.24, 2.45) is 10.2 Å². The van der Waals surface area contributed by atoms with Gasteiger partial charge in [-0.25, -0.2) is 4.79 Å². The van der Waals surface area contributed by atoms with E-state index in [0.29, 0.717) is 5.75 Å². The summed E-state index contributed by atoms with van der Waals surface area (Å²) in [4.78, 5) is 10.7. The molecule has 3 aromatic carbocycles. The highest BCUT2D eigenvalue weighted by Gasteiger charge is 2.23. The number of fused-ring (bicyclic) bond motifs is 3. The van der Waals surface area contributed by atoms with Crippen molar-refractivity contribution >= 4 is 17.4 Å². The van der Waals surface area contributed by atoms with Crippen LogP contribution >= 0.6 is 0 Å². The molecule has 0 amide bonds. The summed E-state index contributed by atoms with van der Waals surface area (Å²) in [7, 11) is 0. The average molecular weight is 370 g/mol. The van der Waals surface area contributed by atoms with Crippen LogP contribution in [0.2, 0.25) is 0 Å². The number of benzene rings is 3. The lowest BCUT2D eigenvalue weighted by Gasteiger charge is -2.05. The summed E-state index contributed by atoms with van der Waals surface area (Å²) in [6.45, 7) is 1.49. The van der Waals surface area contributed by atoms with Gasteiger partial charge >= 0.3 is 5.97 Å². The lowest BCUT2D eigenvalue weighted by molar-refractivity contribution is -0.139. The molecule has 0 spiro atoms. The van der Waals surface area contributed by atoms with Crippen molar-refractivity contribution in [1.29, 1.82) is 0 Å². The number of carboxylic acids is 1. The summed E-state index contributed by atoms with van der Waals surface area (Å²) < 4.78 is 5.24. The van der Waals surface area contributed by atoms with Gasteiger partial charge in [0.15, 0.2) is 6.61 Å². The molecule has 138 valence electrons. The van der Waals surface area contributed by atoms with Crippen molar-refractivity contribution in [3.05, 3.63) is 89.5 Å². The van der Waals surface area contributed by atoms with E-state index in [9.17, 15) is 4.79 Å². The van der Waals surface area contributed by atoms with E-state index in [1.165, 1.54) is 0 Å². The second kappa shape index (κ2) is 7.48. The molecule has 4 rings (SSSR count). The first kappa shape index (κ1) is 17.7. The van der Waals surface area contributed by atoms with E-state index < -0.39 is 5.97 Å². The first-order valence-corrected chi connectivity index (χ1v) is 8.90. The first-order valence-electron chi connectivity index (χ1n) is 8.90. The molecule has 0 heterocycles. The van der Waals surface area contributed by atoms with Gasteiger partial charge in [-0.05, 0) is 30.2 Å². The second-order valence-electron chi connectivity index (χ2n) is 6.44. The highest BCUT2D eigenvalue weighted by atomic mass is 16.5. The maximum absolute atomic E-state index is 10.7. The Morgan fingerprint density at radius 2 is 1.50 bits per heavy atom. The van der Waals surface area contributed by atoms with Crippen molar-refractivity contribution in [1.82, 2.24) is 0 Å². The molecule has 28 heavy (non-hydrogen) atoms. The van der Waals surface area contributed by atoms with Gasteiger partial charge in [-0.2, -0.15) is 5.10 Å². The molecule has 5 nitrogen and oxygen atoms in total. The van der Waals surface area contributed by atoms with Crippen LogP contribution in [0.1, 0.15) is 23.6 Å². The smallest absolute Gasteiger partial charge is 0.341 e. The van der Waals surface area contributed by atoms with E-state index >= 15 is 0 Å². The Balaban J connectivity index is 1.68. The number of aliphatic carboxylic acids is 1. The second-order valence-corrected chi connectivity index (χ2v) is 6.44. The molecule has 0 aliphatic heterocycles. The van der Waals surface area contributed by atoms with Crippen molar-refractivity contribution < 1.29 is 14.6 Å². The zero-order chi connectivity index (χ0) is 19.5. The Labute approximate surface area is 162 Å². The quantitative estimate of drug-likeness (QED) is 0.418. The third-order valence-corrected chi connectivity index (χ3v) is 4.57. The fraction of sp³-hybridized carbons (Fsp3) is 0.0870. The Kier molecular flexibility index (Phi) is 4.72. The summed E-state index contributed by atoms with van der Waals surface area (Å²) in [5, 5.41) is 17.8. The molecule has 5 heteroatoms. The molecule has 0 saturated carbocycles. The minimum Gasteiger partial charge on any atom is -0.482 e. The number of hydrogen-bond acceptors (Lipinski definition) is 4. The van der Waals surface area contributed by atoms with E-state index in [1.54, 1.807) is 18.2 Å². The summed E-state index contributed by atoms with van der Waals surface area (Å²) in [6, 6.07) is 23.5. The van der Waals surface area contributed by atoms with Crippen LogP contribution in [-0.4, -0.2) is 29.1 Å². The third kappa shape index (κ3) is 3.42. The first-order chi connectivity index (χ1) is 13.6. The number of carbonyl (C=O) groups is 1. The standard InChI is InChI=1S/C23H18N2O3/c1-15(16-7-6-8-17(13-16)28-14-22(26)27)24-25-23-20-11-4-2-9-18(20)19-10-3-5-12-21(19)23/h2-13H,14H2,1H3,(H,26,27)/b24-15-. The molecule has 0 aromatic heterocycles. The van der Waals surface area contributed by atoms with Gasteiger partial charge in [0, 0.05) is 16.7 Å². The summed E-state index contributed by atoms with van der Waals surface area (Å²) in [5.74, 6) is -0.528.